The van der Waals surface area contributed by atoms with Crippen molar-refractivity contribution in [2.24, 2.45) is 0 Å². The zero-order chi connectivity index (χ0) is 27.1. The minimum atomic E-state index is -0.338. The Morgan fingerprint density at radius 3 is 1.49 bits per heavy atom. The summed E-state index contributed by atoms with van der Waals surface area (Å²) in [5.74, 6) is -0.225. The van der Waals surface area contributed by atoms with E-state index >= 15 is 0 Å². The molecule has 5 N–H and O–H groups in total. The minimum absolute atomic E-state index is 0.167. The molecule has 1 saturated heterocycles. The largest absolute Gasteiger partial charge is 0.353 e. The lowest BCUT2D eigenvalue weighted by atomic mass is 9.95. The summed E-state index contributed by atoms with van der Waals surface area (Å²) in [5.41, 5.74) is 3.23. The second kappa shape index (κ2) is 21.8. The van der Waals surface area contributed by atoms with Crippen LogP contribution in [0.2, 0.25) is 0 Å². The number of likely N-dealkylation sites (tertiary alicyclic amines) is 1. The molecule has 2 aliphatic rings. The van der Waals surface area contributed by atoms with Gasteiger partial charge in [-0.25, -0.2) is 11.0 Å². The maximum absolute atomic E-state index is 11.8. The fourth-order valence-corrected chi connectivity index (χ4v) is 4.80. The molecule has 0 radical (unpaired) electrons. The second-order valence-electron chi connectivity index (χ2n) is 10.2. The van der Waals surface area contributed by atoms with E-state index in [0.29, 0.717) is 31.7 Å². The highest BCUT2D eigenvalue weighted by molar-refractivity contribution is 5.76. The summed E-state index contributed by atoms with van der Waals surface area (Å²) >= 11 is 0. The third-order valence-electron chi connectivity index (χ3n) is 7.03. The number of carbonyl (C=O) groups is 4. The van der Waals surface area contributed by atoms with Crippen molar-refractivity contribution in [1.82, 2.24) is 21.2 Å². The zero-order valence-corrected chi connectivity index (χ0v) is 22.6. The van der Waals surface area contributed by atoms with Crippen LogP contribution in [-0.4, -0.2) is 58.1 Å². The maximum atomic E-state index is 11.8. The van der Waals surface area contributed by atoms with Crippen molar-refractivity contribution in [3.8, 4) is 0 Å². The molecule has 214 valence electrons. The predicted molar refractivity (Wildman–Crippen MR) is 141 cm³/mol. The Hall–Kier alpha value is -2.20. The Balaban J connectivity index is 0.000000371. The third kappa shape index (κ3) is 17.8. The number of nitrogens with zero attached hydrogens (tertiary/aromatic N) is 1. The zero-order valence-electron chi connectivity index (χ0n) is 22.6. The van der Waals surface area contributed by atoms with Crippen molar-refractivity contribution in [3.05, 3.63) is 0 Å². The van der Waals surface area contributed by atoms with E-state index in [9.17, 15) is 19.2 Å². The van der Waals surface area contributed by atoms with Crippen LogP contribution in [0.25, 0.3) is 0 Å². The van der Waals surface area contributed by atoms with Crippen molar-refractivity contribution >= 4 is 23.6 Å². The molecule has 0 aromatic heterocycles. The maximum Gasteiger partial charge on any atom is 0.243 e. The number of piperidine rings is 1. The molecule has 37 heavy (non-hydrogen) atoms. The van der Waals surface area contributed by atoms with Crippen LogP contribution >= 0.6 is 0 Å². The molecule has 0 aromatic rings. The first-order valence-corrected chi connectivity index (χ1v) is 14.4. The van der Waals surface area contributed by atoms with Crippen LogP contribution in [0, 0.1) is 0 Å². The molecule has 0 atom stereocenters. The van der Waals surface area contributed by atoms with Crippen LogP contribution in [0.1, 0.15) is 128 Å². The van der Waals surface area contributed by atoms with Gasteiger partial charge < -0.3 is 10.2 Å². The molecule has 0 aromatic carbocycles. The van der Waals surface area contributed by atoms with Crippen LogP contribution in [0.15, 0.2) is 0 Å². The van der Waals surface area contributed by atoms with Gasteiger partial charge in [0.25, 0.3) is 0 Å². The van der Waals surface area contributed by atoms with Crippen molar-refractivity contribution in [3.63, 3.8) is 0 Å². The summed E-state index contributed by atoms with van der Waals surface area (Å²) in [6, 6.07) is 0.398. The van der Waals surface area contributed by atoms with E-state index in [4.69, 9.17) is 10.4 Å². The summed E-state index contributed by atoms with van der Waals surface area (Å²) in [4.78, 5) is 47.0. The number of hydroxylamine groups is 2. The van der Waals surface area contributed by atoms with Crippen molar-refractivity contribution in [2.75, 3.05) is 13.1 Å². The minimum Gasteiger partial charge on any atom is -0.353 e. The summed E-state index contributed by atoms with van der Waals surface area (Å²) < 4.78 is 0. The fourth-order valence-electron chi connectivity index (χ4n) is 4.80. The average molecular weight is 527 g/mol. The van der Waals surface area contributed by atoms with Crippen molar-refractivity contribution in [2.45, 2.75) is 134 Å². The Labute approximate surface area is 222 Å². The Morgan fingerprint density at radius 2 is 1.00 bits per heavy atom. The fraction of sp³-hybridized carbons (Fsp3) is 0.852. The first-order chi connectivity index (χ1) is 18.0. The molecule has 0 unspecified atom stereocenters. The number of hydrogen-bond acceptors (Lipinski definition) is 6. The van der Waals surface area contributed by atoms with Gasteiger partial charge in [0, 0.05) is 44.8 Å². The van der Waals surface area contributed by atoms with Gasteiger partial charge >= 0.3 is 0 Å². The van der Waals surface area contributed by atoms with Gasteiger partial charge in [0.15, 0.2) is 0 Å². The molecule has 10 nitrogen and oxygen atoms in total. The lowest BCUT2D eigenvalue weighted by molar-refractivity contribution is -0.132. The lowest BCUT2D eigenvalue weighted by Crippen LogP contribution is -2.35. The first kappa shape index (κ1) is 32.8. The molecule has 0 bridgehead atoms. The molecule has 2 rings (SSSR count). The lowest BCUT2D eigenvalue weighted by Gasteiger charge is -2.26. The third-order valence-corrected chi connectivity index (χ3v) is 7.03. The van der Waals surface area contributed by atoms with Gasteiger partial charge in [-0.2, -0.15) is 0 Å². The Bertz CT molecular complexity index is 649. The average Bonchev–Trinajstić information content (AvgIpc) is 2.93. The molecule has 2 fully saturated rings. The van der Waals surface area contributed by atoms with E-state index < -0.39 is 0 Å². The van der Waals surface area contributed by atoms with E-state index in [-0.39, 0.29) is 23.6 Å². The van der Waals surface area contributed by atoms with Gasteiger partial charge in [-0.05, 0) is 57.8 Å². The normalized spacial score (nSPS) is 15.8. The molecule has 1 saturated carbocycles. The summed E-state index contributed by atoms with van der Waals surface area (Å²) in [5, 5.41) is 19.7. The van der Waals surface area contributed by atoms with Gasteiger partial charge in [0.05, 0.1) is 0 Å². The second-order valence-corrected chi connectivity index (χ2v) is 10.2. The topological polar surface area (TPSA) is 148 Å². The predicted octanol–water partition coefficient (Wildman–Crippen LogP) is 4.13. The number of carbonyl (C=O) groups excluding carboxylic acids is 4. The van der Waals surface area contributed by atoms with Crippen molar-refractivity contribution < 1.29 is 29.6 Å². The number of unbranched alkanes of at least 4 members (excludes halogenated alkanes) is 6. The molecule has 1 heterocycles. The molecule has 4 amide bonds. The van der Waals surface area contributed by atoms with Crippen LogP contribution in [0.4, 0.5) is 0 Å². The highest BCUT2D eigenvalue weighted by Gasteiger charge is 2.16. The number of rotatable bonds is 15. The number of hydrogen-bond donors (Lipinski definition) is 5. The highest BCUT2D eigenvalue weighted by Crippen LogP contribution is 2.17. The van der Waals surface area contributed by atoms with Gasteiger partial charge in [-0.1, -0.05) is 44.9 Å². The molecule has 10 heteroatoms. The molecular formula is C27H50N4O6. The summed E-state index contributed by atoms with van der Waals surface area (Å²) in [7, 11) is 0. The summed E-state index contributed by atoms with van der Waals surface area (Å²) in [6.45, 7) is 1.85. The SMILES string of the molecule is O=C(CCCCCCC(=O)N1CCCCC1)NO.O=C(CCCCCCC(=O)NC1CCCCC1)NO. The first-order valence-electron chi connectivity index (χ1n) is 14.4. The van der Waals surface area contributed by atoms with E-state index in [1.807, 2.05) is 4.90 Å². The molecule has 1 aliphatic heterocycles. The highest BCUT2D eigenvalue weighted by atomic mass is 16.5. The van der Waals surface area contributed by atoms with Crippen molar-refractivity contribution in [1.29, 1.82) is 0 Å². The number of nitrogens with one attached hydrogen (secondary N) is 3. The van der Waals surface area contributed by atoms with Crippen LogP contribution in [-0.2, 0) is 19.2 Å². The smallest absolute Gasteiger partial charge is 0.243 e. The van der Waals surface area contributed by atoms with E-state index in [1.54, 1.807) is 11.0 Å². The number of amides is 4. The van der Waals surface area contributed by atoms with Gasteiger partial charge in [-0.3, -0.25) is 29.6 Å². The summed E-state index contributed by atoms with van der Waals surface area (Å²) in [6.07, 6.45) is 18.6. The van der Waals surface area contributed by atoms with E-state index in [1.165, 1.54) is 25.7 Å². The van der Waals surface area contributed by atoms with Crippen LogP contribution < -0.4 is 16.3 Å². The Kier molecular flexibility index (Phi) is 19.4. The van der Waals surface area contributed by atoms with Crippen LogP contribution in [0.5, 0.6) is 0 Å². The Morgan fingerprint density at radius 1 is 0.568 bits per heavy atom. The van der Waals surface area contributed by atoms with E-state index in [2.05, 4.69) is 5.32 Å². The standard InChI is InChI=1S/C14H26N2O3.C13H24N2O3/c17-13(15-12-8-4-3-5-9-12)10-6-1-2-7-11-14(18)16-19;16-12(14-18)8-4-1-2-5-9-13(17)15-10-6-3-7-11-15/h12,19H,1-11H2,(H,15,17)(H,16,18);18H,1-11H2,(H,14,16). The monoisotopic (exact) mass is 526 g/mol. The molecule has 1 aliphatic carbocycles. The molecular weight excluding hydrogens is 476 g/mol. The quantitative estimate of drug-likeness (QED) is 0.123. The van der Waals surface area contributed by atoms with Gasteiger partial charge in [0.1, 0.15) is 0 Å². The molecule has 0 spiro atoms. The van der Waals surface area contributed by atoms with Crippen LogP contribution in [0.3, 0.4) is 0 Å². The van der Waals surface area contributed by atoms with Gasteiger partial charge in [0.2, 0.25) is 23.6 Å². The van der Waals surface area contributed by atoms with Gasteiger partial charge in [-0.15, -0.1) is 0 Å². The van der Waals surface area contributed by atoms with E-state index in [0.717, 1.165) is 90.1 Å².